The first kappa shape index (κ1) is 19.4. The molecule has 6 nitrogen and oxygen atoms in total. The zero-order valence-corrected chi connectivity index (χ0v) is 16.6. The number of carbonyl (C=O) groups is 2. The number of hydrogen-bond donors (Lipinski definition) is 2. The van der Waals surface area contributed by atoms with E-state index in [0.29, 0.717) is 30.4 Å². The lowest BCUT2D eigenvalue weighted by Gasteiger charge is -2.52. The van der Waals surface area contributed by atoms with Gasteiger partial charge in [0.2, 0.25) is 5.79 Å². The van der Waals surface area contributed by atoms with Crippen molar-refractivity contribution in [1.29, 1.82) is 0 Å². The zero-order valence-electron chi connectivity index (χ0n) is 16.6. The summed E-state index contributed by atoms with van der Waals surface area (Å²) in [4.78, 5) is 22.8. The third-order valence-electron chi connectivity index (χ3n) is 7.40. The summed E-state index contributed by atoms with van der Waals surface area (Å²) in [6.45, 7) is 4.62. The maximum atomic E-state index is 11.6. The van der Waals surface area contributed by atoms with Gasteiger partial charge in [-0.1, -0.05) is 13.0 Å². The number of carbonyl (C=O) groups excluding carboxylic acids is 2. The van der Waals surface area contributed by atoms with Gasteiger partial charge < -0.3 is 19.7 Å². The molecule has 2 saturated carbocycles. The Morgan fingerprint density at radius 2 is 1.93 bits per heavy atom. The average Bonchev–Trinajstić information content (AvgIpc) is 2.80. The van der Waals surface area contributed by atoms with Crippen LogP contribution in [0.3, 0.4) is 0 Å². The highest BCUT2D eigenvalue weighted by molar-refractivity contribution is 5.69. The van der Waals surface area contributed by atoms with Crippen LogP contribution in [0.25, 0.3) is 0 Å². The number of ether oxygens (including phenoxy) is 2. The number of hydrogen-bond acceptors (Lipinski definition) is 6. The van der Waals surface area contributed by atoms with E-state index in [-0.39, 0.29) is 11.9 Å². The minimum Gasteiger partial charge on any atom is -0.430 e. The number of aliphatic hydroxyl groups is 2. The summed E-state index contributed by atoms with van der Waals surface area (Å²) in [5, 5.41) is 21.8. The van der Waals surface area contributed by atoms with Crippen LogP contribution in [0.1, 0.15) is 63.5 Å². The van der Waals surface area contributed by atoms with Crippen LogP contribution in [0.5, 0.6) is 5.75 Å². The molecule has 2 fully saturated rings. The highest BCUT2D eigenvalue weighted by atomic mass is 16.7. The van der Waals surface area contributed by atoms with E-state index in [1.165, 1.54) is 25.0 Å². The molecule has 2 N–H and O–H groups in total. The average molecular weight is 388 g/mol. The van der Waals surface area contributed by atoms with Gasteiger partial charge in [0.05, 0.1) is 0 Å². The maximum absolute atomic E-state index is 11.6. The van der Waals surface area contributed by atoms with Gasteiger partial charge in [-0.05, 0) is 73.1 Å². The summed E-state index contributed by atoms with van der Waals surface area (Å²) in [5.41, 5.74) is 1.82. The SMILES string of the molecule is CC(=O)Oc1ccc2c(c1)CCC1C2CCC2(C)C1CC(O)C2(O)OC(C)=O. The fourth-order valence-corrected chi connectivity index (χ4v) is 6.17. The predicted molar refractivity (Wildman–Crippen MR) is 100 cm³/mol. The molecular formula is C22H28O6. The summed E-state index contributed by atoms with van der Waals surface area (Å²) in [7, 11) is 0. The molecule has 0 radical (unpaired) electrons. The van der Waals surface area contributed by atoms with Gasteiger partial charge in [0.1, 0.15) is 11.9 Å². The number of aryl methyl sites for hydroxylation is 1. The monoisotopic (exact) mass is 388 g/mol. The molecule has 3 aliphatic rings. The lowest BCUT2D eigenvalue weighted by molar-refractivity contribution is -0.286. The number of fused-ring (bicyclic) bond motifs is 5. The van der Waals surface area contributed by atoms with Crippen LogP contribution in [0.2, 0.25) is 0 Å². The van der Waals surface area contributed by atoms with Gasteiger partial charge in [-0.25, -0.2) is 0 Å². The molecule has 6 heteroatoms. The smallest absolute Gasteiger partial charge is 0.308 e. The molecule has 4 rings (SSSR count). The molecule has 0 heterocycles. The number of benzene rings is 1. The fraction of sp³-hybridized carbons (Fsp3) is 0.636. The molecule has 0 spiro atoms. The molecule has 0 saturated heterocycles. The van der Waals surface area contributed by atoms with Crippen LogP contribution in [0, 0.1) is 17.3 Å². The topological polar surface area (TPSA) is 93.1 Å². The van der Waals surface area contributed by atoms with Crippen molar-refractivity contribution >= 4 is 11.9 Å². The van der Waals surface area contributed by atoms with Gasteiger partial charge in [-0.15, -0.1) is 0 Å². The molecule has 6 atom stereocenters. The molecule has 152 valence electrons. The van der Waals surface area contributed by atoms with Gasteiger partial charge in [-0.2, -0.15) is 0 Å². The Balaban J connectivity index is 1.64. The zero-order chi connectivity index (χ0) is 20.3. The summed E-state index contributed by atoms with van der Waals surface area (Å²) in [6.07, 6.45) is 2.68. The highest BCUT2D eigenvalue weighted by Gasteiger charge is 2.68. The van der Waals surface area contributed by atoms with E-state index in [9.17, 15) is 19.8 Å². The van der Waals surface area contributed by atoms with Gasteiger partial charge in [-0.3, -0.25) is 9.59 Å². The molecule has 3 aliphatic carbocycles. The first-order valence-corrected chi connectivity index (χ1v) is 10.1. The van der Waals surface area contributed by atoms with Crippen molar-refractivity contribution in [3.63, 3.8) is 0 Å². The van der Waals surface area contributed by atoms with Crippen LogP contribution >= 0.6 is 0 Å². The van der Waals surface area contributed by atoms with Crippen LogP contribution < -0.4 is 4.74 Å². The number of rotatable bonds is 2. The largest absolute Gasteiger partial charge is 0.430 e. The van der Waals surface area contributed by atoms with Crippen molar-refractivity contribution in [2.75, 3.05) is 0 Å². The molecule has 1 aromatic carbocycles. The predicted octanol–water partition coefficient (Wildman–Crippen LogP) is 2.69. The second kappa shape index (κ2) is 6.56. The van der Waals surface area contributed by atoms with Crippen LogP contribution in [0.15, 0.2) is 18.2 Å². The van der Waals surface area contributed by atoms with Crippen LogP contribution in [-0.2, 0) is 20.7 Å². The molecule has 0 aliphatic heterocycles. The molecule has 0 aromatic heterocycles. The lowest BCUT2D eigenvalue weighted by Crippen LogP contribution is -2.56. The Labute approximate surface area is 164 Å². The van der Waals surface area contributed by atoms with Crippen molar-refractivity contribution in [3.8, 4) is 5.75 Å². The second-order valence-electron chi connectivity index (χ2n) is 8.87. The molecule has 6 unspecified atom stereocenters. The van der Waals surface area contributed by atoms with E-state index in [4.69, 9.17) is 9.47 Å². The third-order valence-corrected chi connectivity index (χ3v) is 7.40. The van der Waals surface area contributed by atoms with Gasteiger partial charge >= 0.3 is 11.9 Å². The fourth-order valence-electron chi connectivity index (χ4n) is 6.17. The minimum atomic E-state index is -1.83. The van der Waals surface area contributed by atoms with Crippen molar-refractivity contribution in [1.82, 2.24) is 0 Å². The normalized spacial score (nSPS) is 38.8. The number of aliphatic hydroxyl groups excluding tert-OH is 1. The Bertz CT molecular complexity index is 819. The van der Waals surface area contributed by atoms with E-state index >= 15 is 0 Å². The Hall–Kier alpha value is -1.92. The van der Waals surface area contributed by atoms with Gasteiger partial charge in [0.15, 0.2) is 0 Å². The van der Waals surface area contributed by atoms with E-state index in [1.807, 2.05) is 19.1 Å². The van der Waals surface area contributed by atoms with E-state index in [1.54, 1.807) is 0 Å². The summed E-state index contributed by atoms with van der Waals surface area (Å²) < 4.78 is 10.5. The molecule has 28 heavy (non-hydrogen) atoms. The standard InChI is InChI=1S/C22H28O6/c1-12(23)27-15-5-7-16-14(10-15)4-6-18-17(16)8-9-21(3)19(18)11-20(25)22(21,26)28-13(2)24/h5,7,10,17-20,25-26H,4,6,8-9,11H2,1-3H3. The second-order valence-corrected chi connectivity index (χ2v) is 8.87. The maximum Gasteiger partial charge on any atom is 0.308 e. The highest BCUT2D eigenvalue weighted by Crippen LogP contribution is 2.64. The van der Waals surface area contributed by atoms with Gasteiger partial charge in [0.25, 0.3) is 0 Å². The molecule has 1 aromatic rings. The summed E-state index contributed by atoms with van der Waals surface area (Å²) >= 11 is 0. The van der Waals surface area contributed by atoms with Crippen LogP contribution in [-0.4, -0.2) is 34.0 Å². The summed E-state index contributed by atoms with van der Waals surface area (Å²) in [5.74, 6) is -1.43. The van der Waals surface area contributed by atoms with E-state index in [0.717, 1.165) is 19.3 Å². The minimum absolute atomic E-state index is 0.0758. The Kier molecular flexibility index (Phi) is 4.55. The third kappa shape index (κ3) is 2.77. The van der Waals surface area contributed by atoms with E-state index < -0.39 is 23.3 Å². The quantitative estimate of drug-likeness (QED) is 0.460. The van der Waals surface area contributed by atoms with Crippen LogP contribution in [0.4, 0.5) is 0 Å². The molecular weight excluding hydrogens is 360 g/mol. The van der Waals surface area contributed by atoms with Gasteiger partial charge in [0, 0.05) is 19.3 Å². The summed E-state index contributed by atoms with van der Waals surface area (Å²) in [6, 6.07) is 5.85. The van der Waals surface area contributed by atoms with Crippen molar-refractivity contribution < 1.29 is 29.3 Å². The lowest BCUT2D eigenvalue weighted by atomic mass is 9.55. The molecule has 0 bridgehead atoms. The van der Waals surface area contributed by atoms with Crippen molar-refractivity contribution in [2.45, 2.75) is 70.7 Å². The Morgan fingerprint density at radius 3 is 2.61 bits per heavy atom. The first-order valence-electron chi connectivity index (χ1n) is 10.1. The van der Waals surface area contributed by atoms with Crippen molar-refractivity contribution in [2.24, 2.45) is 17.3 Å². The van der Waals surface area contributed by atoms with E-state index in [2.05, 4.69) is 6.07 Å². The Morgan fingerprint density at radius 1 is 1.18 bits per heavy atom. The molecule has 0 amide bonds. The first-order chi connectivity index (χ1) is 13.2. The number of esters is 2. The van der Waals surface area contributed by atoms with Crippen molar-refractivity contribution in [3.05, 3.63) is 29.3 Å².